The molecule has 0 saturated heterocycles. The van der Waals surface area contributed by atoms with Crippen LogP contribution in [0, 0.1) is 12.7 Å². The predicted molar refractivity (Wildman–Crippen MR) is 78.8 cm³/mol. The fraction of sp³-hybridized carbons (Fsp3) is 0.438. The average molecular weight is 273 g/mol. The van der Waals surface area contributed by atoms with Crippen molar-refractivity contribution in [3.63, 3.8) is 0 Å². The fourth-order valence-electron chi connectivity index (χ4n) is 2.92. The van der Waals surface area contributed by atoms with Gasteiger partial charge in [-0.3, -0.25) is 0 Å². The van der Waals surface area contributed by atoms with Crippen molar-refractivity contribution in [2.45, 2.75) is 45.1 Å². The Hall–Kier alpha value is -1.84. The molecule has 1 heterocycles. The van der Waals surface area contributed by atoms with Crippen molar-refractivity contribution in [1.29, 1.82) is 0 Å². The number of aromatic nitrogens is 2. The van der Waals surface area contributed by atoms with E-state index in [1.54, 1.807) is 13.0 Å². The first kappa shape index (κ1) is 13.2. The summed E-state index contributed by atoms with van der Waals surface area (Å²) in [5.74, 6) is 0.675. The summed E-state index contributed by atoms with van der Waals surface area (Å²) < 4.78 is 15.5. The normalized spacial score (nSPS) is 16.3. The number of benzene rings is 1. The molecule has 0 aliphatic heterocycles. The highest BCUT2D eigenvalue weighted by molar-refractivity contribution is 5.55. The lowest BCUT2D eigenvalue weighted by Gasteiger charge is -2.24. The zero-order valence-corrected chi connectivity index (χ0v) is 11.8. The van der Waals surface area contributed by atoms with Crippen LogP contribution in [0.2, 0.25) is 0 Å². The zero-order valence-electron chi connectivity index (χ0n) is 11.8. The first-order valence-corrected chi connectivity index (χ1v) is 7.30. The highest BCUT2D eigenvalue weighted by Crippen LogP contribution is 2.31. The Labute approximate surface area is 118 Å². The van der Waals surface area contributed by atoms with E-state index in [1.807, 2.05) is 18.5 Å². The first-order chi connectivity index (χ1) is 9.74. The summed E-state index contributed by atoms with van der Waals surface area (Å²) >= 11 is 0. The largest absolute Gasteiger partial charge is 0.326 e. The second-order valence-electron chi connectivity index (χ2n) is 5.54. The molecular weight excluding hydrogens is 253 g/mol. The minimum atomic E-state index is -0.175. The van der Waals surface area contributed by atoms with Crippen LogP contribution >= 0.6 is 0 Å². The molecule has 1 aromatic carbocycles. The minimum Gasteiger partial charge on any atom is -0.326 e. The van der Waals surface area contributed by atoms with E-state index in [4.69, 9.17) is 0 Å². The molecule has 1 saturated carbocycles. The molecule has 0 unspecified atom stereocenters. The van der Waals surface area contributed by atoms with Gasteiger partial charge in [-0.15, -0.1) is 0 Å². The number of halogens is 1. The van der Waals surface area contributed by atoms with Crippen LogP contribution in [0.4, 0.5) is 16.0 Å². The smallest absolute Gasteiger partial charge is 0.207 e. The molecule has 20 heavy (non-hydrogen) atoms. The van der Waals surface area contributed by atoms with E-state index in [1.165, 1.54) is 38.2 Å². The monoisotopic (exact) mass is 273 g/mol. The summed E-state index contributed by atoms with van der Waals surface area (Å²) in [7, 11) is 0. The number of nitrogens with one attached hydrogen (secondary N) is 1. The molecule has 1 fully saturated rings. The van der Waals surface area contributed by atoms with E-state index in [0.29, 0.717) is 11.6 Å². The molecule has 4 heteroatoms. The van der Waals surface area contributed by atoms with Crippen LogP contribution < -0.4 is 5.32 Å². The Morgan fingerprint density at radius 1 is 1.25 bits per heavy atom. The van der Waals surface area contributed by atoms with Gasteiger partial charge >= 0.3 is 0 Å². The molecule has 1 N–H and O–H groups in total. The van der Waals surface area contributed by atoms with Crippen LogP contribution in [0.3, 0.4) is 0 Å². The summed E-state index contributed by atoms with van der Waals surface area (Å²) in [5, 5.41) is 3.30. The molecular formula is C16H20FN3. The maximum atomic E-state index is 13.3. The second-order valence-corrected chi connectivity index (χ2v) is 5.54. The maximum absolute atomic E-state index is 13.3. The zero-order chi connectivity index (χ0) is 13.9. The molecule has 106 valence electrons. The lowest BCUT2D eigenvalue weighted by Crippen LogP contribution is -2.14. The minimum absolute atomic E-state index is 0.175. The van der Waals surface area contributed by atoms with Gasteiger partial charge in [-0.25, -0.2) is 9.37 Å². The van der Waals surface area contributed by atoms with Crippen LogP contribution in [-0.4, -0.2) is 9.55 Å². The van der Waals surface area contributed by atoms with E-state index >= 15 is 0 Å². The average Bonchev–Trinajstić information content (AvgIpc) is 2.92. The van der Waals surface area contributed by atoms with Gasteiger partial charge in [-0.2, -0.15) is 0 Å². The van der Waals surface area contributed by atoms with E-state index in [0.717, 1.165) is 11.6 Å². The highest BCUT2D eigenvalue weighted by Gasteiger charge is 2.17. The quantitative estimate of drug-likeness (QED) is 0.887. The Morgan fingerprint density at radius 2 is 2.05 bits per heavy atom. The topological polar surface area (TPSA) is 29.9 Å². The van der Waals surface area contributed by atoms with Gasteiger partial charge in [-0.1, -0.05) is 19.3 Å². The van der Waals surface area contributed by atoms with Crippen LogP contribution in [0.25, 0.3) is 0 Å². The SMILES string of the molecule is Cc1cc(Nc2nccn2C2CCCCC2)ccc1F. The van der Waals surface area contributed by atoms with Gasteiger partial charge in [0.25, 0.3) is 0 Å². The van der Waals surface area contributed by atoms with Gasteiger partial charge in [0, 0.05) is 24.1 Å². The molecule has 0 radical (unpaired) electrons. The molecule has 0 spiro atoms. The highest BCUT2D eigenvalue weighted by atomic mass is 19.1. The molecule has 0 bridgehead atoms. The first-order valence-electron chi connectivity index (χ1n) is 7.30. The fourth-order valence-corrected chi connectivity index (χ4v) is 2.92. The van der Waals surface area contributed by atoms with Gasteiger partial charge in [0.2, 0.25) is 5.95 Å². The molecule has 1 aliphatic rings. The summed E-state index contributed by atoms with van der Waals surface area (Å²) in [6, 6.07) is 5.60. The molecule has 0 amide bonds. The third-order valence-electron chi connectivity index (χ3n) is 4.05. The molecule has 0 atom stereocenters. The van der Waals surface area contributed by atoms with E-state index < -0.39 is 0 Å². The van der Waals surface area contributed by atoms with Crippen molar-refractivity contribution < 1.29 is 4.39 Å². The summed E-state index contributed by atoms with van der Waals surface area (Å²) in [5.41, 5.74) is 1.53. The number of hydrogen-bond donors (Lipinski definition) is 1. The van der Waals surface area contributed by atoms with Gasteiger partial charge in [-0.05, 0) is 43.5 Å². The Bertz CT molecular complexity index is 585. The molecule has 3 rings (SSSR count). The number of aryl methyl sites for hydroxylation is 1. The van der Waals surface area contributed by atoms with E-state index in [2.05, 4.69) is 14.9 Å². The summed E-state index contributed by atoms with van der Waals surface area (Å²) in [4.78, 5) is 4.40. The number of nitrogens with zero attached hydrogens (tertiary/aromatic N) is 2. The van der Waals surface area contributed by atoms with Crippen molar-refractivity contribution in [3.8, 4) is 0 Å². The predicted octanol–water partition coefficient (Wildman–Crippen LogP) is 4.58. The number of imidazole rings is 1. The molecule has 1 aliphatic carbocycles. The lowest BCUT2D eigenvalue weighted by molar-refractivity contribution is 0.356. The van der Waals surface area contributed by atoms with E-state index in [-0.39, 0.29) is 5.82 Å². The van der Waals surface area contributed by atoms with Crippen molar-refractivity contribution >= 4 is 11.6 Å². The molecule has 1 aromatic heterocycles. The van der Waals surface area contributed by atoms with Crippen LogP contribution in [0.1, 0.15) is 43.7 Å². The van der Waals surface area contributed by atoms with Crippen molar-refractivity contribution in [2.75, 3.05) is 5.32 Å². The van der Waals surface area contributed by atoms with Crippen molar-refractivity contribution in [3.05, 3.63) is 42.0 Å². The van der Waals surface area contributed by atoms with Crippen LogP contribution in [0.15, 0.2) is 30.6 Å². The Kier molecular flexibility index (Phi) is 3.72. The van der Waals surface area contributed by atoms with Gasteiger partial charge < -0.3 is 9.88 Å². The van der Waals surface area contributed by atoms with Gasteiger partial charge in [0.15, 0.2) is 0 Å². The third-order valence-corrected chi connectivity index (χ3v) is 4.05. The number of rotatable bonds is 3. The summed E-state index contributed by atoms with van der Waals surface area (Å²) in [6.45, 7) is 1.77. The van der Waals surface area contributed by atoms with Gasteiger partial charge in [0.1, 0.15) is 5.82 Å². The molecule has 3 nitrogen and oxygen atoms in total. The van der Waals surface area contributed by atoms with Gasteiger partial charge in [0.05, 0.1) is 0 Å². The molecule has 2 aromatic rings. The Morgan fingerprint density at radius 3 is 2.80 bits per heavy atom. The standard InChI is InChI=1S/C16H20FN3/c1-12-11-13(7-8-15(12)17)19-16-18-9-10-20(16)14-5-3-2-4-6-14/h7-11,14H,2-6H2,1H3,(H,18,19). The maximum Gasteiger partial charge on any atom is 0.207 e. The lowest BCUT2D eigenvalue weighted by atomic mass is 9.95. The second kappa shape index (κ2) is 5.65. The number of hydrogen-bond acceptors (Lipinski definition) is 2. The van der Waals surface area contributed by atoms with Crippen LogP contribution in [-0.2, 0) is 0 Å². The van der Waals surface area contributed by atoms with E-state index in [9.17, 15) is 4.39 Å². The Balaban J connectivity index is 1.80. The van der Waals surface area contributed by atoms with Crippen molar-refractivity contribution in [1.82, 2.24) is 9.55 Å². The summed E-state index contributed by atoms with van der Waals surface area (Å²) in [6.07, 6.45) is 10.2. The number of anilines is 2. The third kappa shape index (κ3) is 2.69. The van der Waals surface area contributed by atoms with Crippen molar-refractivity contribution in [2.24, 2.45) is 0 Å². The van der Waals surface area contributed by atoms with Crippen LogP contribution in [0.5, 0.6) is 0 Å².